The number of H-pyrrole nitrogens is 2. The van der Waals surface area contributed by atoms with Gasteiger partial charge in [-0.2, -0.15) is 19.5 Å². The number of ether oxygens (including phenoxy) is 2. The Kier molecular flexibility index (Phi) is 9.27. The minimum Gasteiger partial charge on any atom is -0.394 e. The largest absolute Gasteiger partial charge is 0.394 e. The van der Waals surface area contributed by atoms with Crippen molar-refractivity contribution in [3.63, 3.8) is 0 Å². The lowest BCUT2D eigenvalue weighted by Crippen LogP contribution is -2.33. The predicted molar refractivity (Wildman–Crippen MR) is 147 cm³/mol. The number of aliphatic hydroxyl groups excluding tert-OH is 6. The van der Waals surface area contributed by atoms with E-state index < -0.39 is 81.7 Å². The molecule has 2 aliphatic heterocycles. The number of hydrogen-bond acceptors (Lipinski definition) is 17. The topological polar surface area (TPSA) is 332 Å². The molecule has 6 rings (SSSR count). The van der Waals surface area contributed by atoms with Crippen LogP contribution in [-0.4, -0.2) is 114 Å². The number of rotatable bonds is 7. The van der Waals surface area contributed by atoms with Gasteiger partial charge in [0.15, 0.2) is 23.8 Å². The molecule has 21 nitrogen and oxygen atoms in total. The molecule has 44 heavy (non-hydrogen) atoms. The van der Waals surface area contributed by atoms with Crippen molar-refractivity contribution in [2.75, 3.05) is 24.4 Å². The van der Waals surface area contributed by atoms with Gasteiger partial charge in [0.1, 0.15) is 36.9 Å². The average Bonchev–Trinajstić information content (AvgIpc) is 3.74. The maximum absolute atomic E-state index is 11.8. The highest BCUT2D eigenvalue weighted by Crippen LogP contribution is 2.36. The highest BCUT2D eigenvalue weighted by molar-refractivity contribution is 7.45. The van der Waals surface area contributed by atoms with Gasteiger partial charge in [-0.25, -0.2) is 0 Å². The van der Waals surface area contributed by atoms with Crippen molar-refractivity contribution in [2.45, 2.75) is 49.3 Å². The molecule has 2 saturated heterocycles. The SMILES string of the molecule is Nc1nc2c(ccn2[C@@H]2O[C@H](CO)[C@H](O)C2O)c(=O)[nH]1.Nc1nc2c(ccn2[C@@H]2O[C@H](OOP(O)CO)[C@H](O)C2O)c(=O)[nH]1. The third-order valence-corrected chi connectivity index (χ3v) is 7.30. The van der Waals surface area contributed by atoms with E-state index in [1.807, 2.05) is 0 Å². The van der Waals surface area contributed by atoms with Crippen LogP contribution in [0.1, 0.15) is 12.5 Å². The van der Waals surface area contributed by atoms with Crippen LogP contribution < -0.4 is 22.6 Å². The number of nitrogen functional groups attached to an aromatic ring is 2. The number of nitrogens with one attached hydrogen (secondary N) is 2. The third-order valence-electron chi connectivity index (χ3n) is 6.80. The van der Waals surface area contributed by atoms with Gasteiger partial charge in [-0.05, 0) is 12.1 Å². The Morgan fingerprint density at radius 1 is 0.841 bits per heavy atom. The number of fused-ring (bicyclic) bond motifs is 2. The summed E-state index contributed by atoms with van der Waals surface area (Å²) in [5, 5.41) is 58.1. The fourth-order valence-electron chi connectivity index (χ4n) is 4.69. The zero-order valence-electron chi connectivity index (χ0n) is 22.3. The normalized spacial score (nSPS) is 29.2. The van der Waals surface area contributed by atoms with Gasteiger partial charge >= 0.3 is 0 Å². The van der Waals surface area contributed by atoms with Gasteiger partial charge in [0.2, 0.25) is 26.6 Å². The van der Waals surface area contributed by atoms with Crippen LogP contribution in [-0.2, 0) is 19.0 Å². The zero-order chi connectivity index (χ0) is 31.9. The van der Waals surface area contributed by atoms with E-state index in [4.69, 9.17) is 36.0 Å². The molecule has 0 aromatic carbocycles. The summed E-state index contributed by atoms with van der Waals surface area (Å²) in [4.78, 5) is 50.0. The maximum atomic E-state index is 11.8. The number of nitrogens with zero attached hydrogens (tertiary/aromatic N) is 4. The zero-order valence-corrected chi connectivity index (χ0v) is 23.2. The third kappa shape index (κ3) is 5.91. The number of hydrogen-bond donors (Lipinski definition) is 11. The smallest absolute Gasteiger partial charge is 0.261 e. The Morgan fingerprint density at radius 2 is 1.34 bits per heavy atom. The Hall–Kier alpha value is -3.57. The quantitative estimate of drug-likeness (QED) is 0.0518. The first-order chi connectivity index (χ1) is 20.9. The number of aromatic amines is 2. The first-order valence-electron chi connectivity index (χ1n) is 12.7. The van der Waals surface area contributed by atoms with E-state index in [0.717, 1.165) is 0 Å². The van der Waals surface area contributed by atoms with Crippen molar-refractivity contribution >= 4 is 42.3 Å². The molecular formula is C22H29N8O13P. The number of aromatic nitrogens is 6. The molecule has 4 aromatic rings. The summed E-state index contributed by atoms with van der Waals surface area (Å²) in [6, 6.07) is 2.96. The highest BCUT2D eigenvalue weighted by atomic mass is 31.2. The van der Waals surface area contributed by atoms with E-state index in [2.05, 4.69) is 29.5 Å². The lowest BCUT2D eigenvalue weighted by atomic mass is 10.1. The van der Waals surface area contributed by atoms with Gasteiger partial charge in [0.05, 0.1) is 17.4 Å². The monoisotopic (exact) mass is 644 g/mol. The standard InChI is InChI=1S/C11H15N4O8P.C11H14N4O5/c12-11-13-7-4(8(19)14-11)1-2-15(7)9-5(17)6(18)10(21-9)22-23-24(20)3-16;12-11-13-8-4(9(19)14-11)1-2-15(8)10-7(18)6(17)5(3-16)20-10/h1-2,5-6,9-10,16-18,20H,3H2,(H3,12,13,14,19);1-2,5-7,10,16-18H,3H2,(H3,12,13,14,19)/t5?,6-,9-,10-,24?;5-,6+,7?,10-/m11/s1. The van der Waals surface area contributed by atoms with Crippen molar-refractivity contribution in [3.8, 4) is 0 Å². The molecule has 0 radical (unpaired) electrons. The van der Waals surface area contributed by atoms with Gasteiger partial charge in [0, 0.05) is 12.4 Å². The van der Waals surface area contributed by atoms with Crippen LogP contribution in [0.15, 0.2) is 34.1 Å². The molecule has 9 atom stereocenters. The minimum absolute atomic E-state index is 0.0609. The maximum Gasteiger partial charge on any atom is 0.261 e. The average molecular weight is 644 g/mol. The Bertz CT molecular complexity index is 1730. The molecule has 2 aliphatic rings. The molecule has 0 amide bonds. The Balaban J connectivity index is 0.000000177. The molecule has 3 unspecified atom stereocenters. The summed E-state index contributed by atoms with van der Waals surface area (Å²) >= 11 is 0. The first kappa shape index (κ1) is 31.8. The molecule has 13 N–H and O–H groups in total. The lowest BCUT2D eigenvalue weighted by molar-refractivity contribution is -0.332. The van der Waals surface area contributed by atoms with Crippen LogP contribution in [0.3, 0.4) is 0 Å². The van der Waals surface area contributed by atoms with Crippen LogP contribution in [0.25, 0.3) is 22.1 Å². The van der Waals surface area contributed by atoms with Crippen molar-refractivity contribution < 1.29 is 54.6 Å². The van der Waals surface area contributed by atoms with Gasteiger partial charge in [-0.1, -0.05) is 0 Å². The summed E-state index contributed by atoms with van der Waals surface area (Å²) < 4.78 is 17.9. The van der Waals surface area contributed by atoms with Crippen LogP contribution in [0.2, 0.25) is 0 Å². The Morgan fingerprint density at radius 3 is 1.82 bits per heavy atom. The van der Waals surface area contributed by atoms with E-state index in [9.17, 15) is 30.0 Å². The van der Waals surface area contributed by atoms with Crippen LogP contribution >= 0.6 is 8.38 Å². The second-order valence-electron chi connectivity index (χ2n) is 9.59. The van der Waals surface area contributed by atoms with E-state index in [1.165, 1.54) is 33.7 Å². The van der Waals surface area contributed by atoms with Crippen LogP contribution in [0.4, 0.5) is 11.9 Å². The second-order valence-corrected chi connectivity index (χ2v) is 10.7. The summed E-state index contributed by atoms with van der Waals surface area (Å²) in [6.07, 6.45) is -7.55. The van der Waals surface area contributed by atoms with Gasteiger partial charge in [0.25, 0.3) is 11.1 Å². The minimum atomic E-state index is -2.24. The molecule has 0 aliphatic carbocycles. The summed E-state index contributed by atoms with van der Waals surface area (Å²) in [5.74, 6) is -0.181. The van der Waals surface area contributed by atoms with Gasteiger partial charge < -0.3 is 65.6 Å². The van der Waals surface area contributed by atoms with Gasteiger partial charge in [-0.3, -0.25) is 19.6 Å². The van der Waals surface area contributed by atoms with Crippen LogP contribution in [0, 0.1) is 0 Å². The predicted octanol–water partition coefficient (Wildman–Crippen LogP) is -4.00. The molecular weight excluding hydrogens is 615 g/mol. The van der Waals surface area contributed by atoms with E-state index in [-0.39, 0.29) is 34.0 Å². The van der Waals surface area contributed by atoms with Crippen LogP contribution in [0.5, 0.6) is 0 Å². The fourth-order valence-corrected chi connectivity index (χ4v) is 4.93. The fraction of sp³-hybridized carbons (Fsp3) is 0.455. The summed E-state index contributed by atoms with van der Waals surface area (Å²) in [5.41, 5.74) is 10.5. The molecule has 240 valence electrons. The molecule has 0 saturated carbocycles. The van der Waals surface area contributed by atoms with Crippen molar-refractivity contribution in [1.82, 2.24) is 29.1 Å². The first-order valence-corrected chi connectivity index (χ1v) is 14.1. The second kappa shape index (κ2) is 12.8. The van der Waals surface area contributed by atoms with E-state index in [1.54, 1.807) is 0 Å². The molecule has 6 heterocycles. The molecule has 2 fully saturated rings. The number of nitrogens with two attached hydrogens (primary N) is 2. The lowest BCUT2D eigenvalue weighted by Gasteiger charge is -2.17. The molecule has 0 bridgehead atoms. The van der Waals surface area contributed by atoms with Gasteiger partial charge in [-0.15, -0.1) is 0 Å². The molecule has 22 heteroatoms. The number of aliphatic hydroxyl groups is 6. The molecule has 4 aromatic heterocycles. The van der Waals surface area contributed by atoms with E-state index in [0.29, 0.717) is 0 Å². The van der Waals surface area contributed by atoms with Crippen molar-refractivity contribution in [1.29, 1.82) is 0 Å². The van der Waals surface area contributed by atoms with E-state index >= 15 is 0 Å². The number of anilines is 2. The summed E-state index contributed by atoms with van der Waals surface area (Å²) in [6.45, 7) is -0.427. The Labute approximate surface area is 245 Å². The highest BCUT2D eigenvalue weighted by Gasteiger charge is 2.46. The van der Waals surface area contributed by atoms with Crippen molar-refractivity contribution in [2.24, 2.45) is 0 Å². The van der Waals surface area contributed by atoms with Crippen molar-refractivity contribution in [3.05, 3.63) is 45.2 Å². The summed E-state index contributed by atoms with van der Waals surface area (Å²) in [7, 11) is -2.24. The molecule has 0 spiro atoms.